The molecular weight excluding hydrogens is 370 g/mol. The average Bonchev–Trinajstić information content (AvgIpc) is 2.69. The molecule has 0 aromatic heterocycles. The minimum Gasteiger partial charge on any atom is -0.465 e. The van der Waals surface area contributed by atoms with Gasteiger partial charge in [-0.2, -0.15) is 0 Å². The van der Waals surface area contributed by atoms with Crippen molar-refractivity contribution in [3.63, 3.8) is 0 Å². The number of carbonyl (C=O) groups excluding carboxylic acids is 3. The Kier molecular flexibility index (Phi) is 6.12. The van der Waals surface area contributed by atoms with E-state index in [9.17, 15) is 14.4 Å². The number of amides is 2. The summed E-state index contributed by atoms with van der Waals surface area (Å²) in [4.78, 5) is 44.1. The van der Waals surface area contributed by atoms with Gasteiger partial charge in [0.15, 0.2) is 0 Å². The highest BCUT2D eigenvalue weighted by molar-refractivity contribution is 7.80. The van der Waals surface area contributed by atoms with Crippen LogP contribution >= 0.6 is 12.2 Å². The lowest BCUT2D eigenvalue weighted by Crippen LogP contribution is -2.47. The summed E-state index contributed by atoms with van der Waals surface area (Å²) < 4.78 is 9.92. The molecule has 1 aliphatic carbocycles. The summed E-state index contributed by atoms with van der Waals surface area (Å²) in [5, 5.41) is 0.154. The number of thiocarbonyl (C=S) groups is 1. The maximum Gasteiger partial charge on any atom is 0.337 e. The van der Waals surface area contributed by atoms with Gasteiger partial charge in [-0.15, -0.1) is 0 Å². The maximum absolute atomic E-state index is 12.7. The quantitative estimate of drug-likeness (QED) is 0.500. The van der Waals surface area contributed by atoms with Gasteiger partial charge in [-0.05, 0) is 24.7 Å². The Morgan fingerprint density at radius 3 is 2.81 bits per heavy atom. The summed E-state index contributed by atoms with van der Waals surface area (Å²) >= 11 is 5.25. The first-order valence-electron chi connectivity index (χ1n) is 8.79. The highest BCUT2D eigenvalue weighted by atomic mass is 32.1. The standard InChI is InChI=1S/C18H21N3O5S/c1-25-17(24)12-4-5-13-14(11-12)19-18(27)21(16(13)23)6-2-3-15(22)20-7-9-26-10-8-20/h4-5,11,13H,2-3,6-10H2,1H3. The number of methoxy groups -OCH3 is 1. The number of carbonyl (C=O) groups is 3. The zero-order chi connectivity index (χ0) is 19.4. The second kappa shape index (κ2) is 8.53. The van der Waals surface area contributed by atoms with E-state index in [-0.39, 0.29) is 16.9 Å². The number of esters is 1. The van der Waals surface area contributed by atoms with Gasteiger partial charge in [0.2, 0.25) is 16.9 Å². The van der Waals surface area contributed by atoms with Crippen LogP contribution in [0, 0.1) is 5.92 Å². The van der Waals surface area contributed by atoms with Crippen LogP contribution in [0.2, 0.25) is 0 Å². The lowest BCUT2D eigenvalue weighted by molar-refractivity contribution is -0.136. The second-order valence-electron chi connectivity index (χ2n) is 6.33. The molecule has 0 saturated carbocycles. The molecule has 3 rings (SSSR count). The van der Waals surface area contributed by atoms with Crippen LogP contribution in [0.3, 0.4) is 0 Å². The first kappa shape index (κ1) is 19.4. The molecule has 0 aromatic rings. The topological polar surface area (TPSA) is 88.5 Å². The molecule has 8 nitrogen and oxygen atoms in total. The third kappa shape index (κ3) is 4.30. The summed E-state index contributed by atoms with van der Waals surface area (Å²) in [7, 11) is 1.29. The van der Waals surface area contributed by atoms with Crippen molar-refractivity contribution in [1.29, 1.82) is 0 Å². The van der Waals surface area contributed by atoms with E-state index >= 15 is 0 Å². The minimum atomic E-state index is -0.569. The Morgan fingerprint density at radius 2 is 2.11 bits per heavy atom. The minimum absolute atomic E-state index is 0.0566. The van der Waals surface area contributed by atoms with E-state index in [1.165, 1.54) is 18.1 Å². The number of rotatable bonds is 5. The predicted molar refractivity (Wildman–Crippen MR) is 101 cm³/mol. The van der Waals surface area contributed by atoms with Crippen molar-refractivity contribution in [2.24, 2.45) is 10.9 Å². The van der Waals surface area contributed by atoms with Gasteiger partial charge < -0.3 is 14.4 Å². The van der Waals surface area contributed by atoms with E-state index in [1.807, 2.05) is 0 Å². The number of ether oxygens (including phenoxy) is 2. The van der Waals surface area contributed by atoms with Crippen molar-refractivity contribution in [2.45, 2.75) is 12.8 Å². The van der Waals surface area contributed by atoms with Gasteiger partial charge >= 0.3 is 5.97 Å². The first-order chi connectivity index (χ1) is 13.0. The van der Waals surface area contributed by atoms with E-state index in [2.05, 4.69) is 9.73 Å². The van der Waals surface area contributed by atoms with Gasteiger partial charge in [0, 0.05) is 26.1 Å². The normalized spacial score (nSPS) is 22.2. The molecule has 0 bridgehead atoms. The smallest absolute Gasteiger partial charge is 0.337 e. The van der Waals surface area contributed by atoms with Crippen LogP contribution in [-0.4, -0.2) is 78.4 Å². The Bertz CT molecular complexity index is 752. The van der Waals surface area contributed by atoms with E-state index in [0.717, 1.165) is 0 Å². The average molecular weight is 391 g/mol. The van der Waals surface area contributed by atoms with Gasteiger partial charge in [-0.1, -0.05) is 12.2 Å². The van der Waals surface area contributed by atoms with Crippen LogP contribution in [0.5, 0.6) is 0 Å². The highest BCUT2D eigenvalue weighted by Gasteiger charge is 2.35. The Morgan fingerprint density at radius 1 is 1.37 bits per heavy atom. The zero-order valence-corrected chi connectivity index (χ0v) is 15.9. The third-order valence-corrected chi connectivity index (χ3v) is 4.95. The van der Waals surface area contributed by atoms with Gasteiger partial charge in [0.05, 0.1) is 37.5 Å². The molecule has 2 heterocycles. The van der Waals surface area contributed by atoms with E-state index in [0.29, 0.717) is 57.0 Å². The highest BCUT2D eigenvalue weighted by Crippen LogP contribution is 2.23. The van der Waals surface area contributed by atoms with Crippen LogP contribution in [0.1, 0.15) is 12.8 Å². The van der Waals surface area contributed by atoms with Crippen molar-refractivity contribution >= 4 is 40.8 Å². The number of allylic oxidation sites excluding steroid dienone is 1. The van der Waals surface area contributed by atoms with E-state index in [4.69, 9.17) is 17.0 Å². The molecule has 9 heteroatoms. The van der Waals surface area contributed by atoms with Crippen LogP contribution < -0.4 is 0 Å². The van der Waals surface area contributed by atoms with Crippen LogP contribution in [0.4, 0.5) is 0 Å². The fraction of sp³-hybridized carbons (Fsp3) is 0.500. The molecule has 0 N–H and O–H groups in total. The monoisotopic (exact) mass is 391 g/mol. The van der Waals surface area contributed by atoms with Crippen molar-refractivity contribution < 1.29 is 23.9 Å². The lowest BCUT2D eigenvalue weighted by Gasteiger charge is -2.31. The summed E-state index contributed by atoms with van der Waals surface area (Å²) in [6, 6.07) is 0. The maximum atomic E-state index is 12.7. The lowest BCUT2D eigenvalue weighted by atomic mass is 9.92. The Balaban J connectivity index is 1.59. The number of hydrogen-bond donors (Lipinski definition) is 0. The largest absolute Gasteiger partial charge is 0.465 e. The fourth-order valence-electron chi connectivity index (χ4n) is 3.15. The third-order valence-electron chi connectivity index (χ3n) is 4.64. The number of aliphatic imine (C=N–C) groups is 1. The molecule has 0 radical (unpaired) electrons. The molecule has 1 atom stereocenters. The van der Waals surface area contributed by atoms with Crippen LogP contribution in [0.25, 0.3) is 0 Å². The van der Waals surface area contributed by atoms with Crippen molar-refractivity contribution in [2.75, 3.05) is 40.0 Å². The molecule has 144 valence electrons. The number of hydrogen-bond acceptors (Lipinski definition) is 6. The van der Waals surface area contributed by atoms with E-state index in [1.54, 1.807) is 17.1 Å². The first-order valence-corrected chi connectivity index (χ1v) is 9.19. The SMILES string of the molecule is COC(=O)C1=CC2=NC(=S)N(CCCC(=O)N3CCOCC3)C(=O)C2C=C1. The zero-order valence-electron chi connectivity index (χ0n) is 15.1. The van der Waals surface area contributed by atoms with Crippen molar-refractivity contribution in [3.05, 3.63) is 23.8 Å². The molecule has 0 aromatic carbocycles. The molecule has 1 fully saturated rings. The second-order valence-corrected chi connectivity index (χ2v) is 6.70. The summed E-state index contributed by atoms with van der Waals surface area (Å²) in [5.74, 6) is -1.20. The van der Waals surface area contributed by atoms with Gasteiger partial charge in [-0.3, -0.25) is 14.5 Å². The van der Waals surface area contributed by atoms with Crippen LogP contribution in [-0.2, 0) is 23.9 Å². The summed E-state index contributed by atoms with van der Waals surface area (Å²) in [6.07, 6.45) is 5.56. The molecule has 2 aliphatic heterocycles. The van der Waals surface area contributed by atoms with Gasteiger partial charge in [0.25, 0.3) is 0 Å². The Hall–Kier alpha value is -2.39. The molecule has 27 heavy (non-hydrogen) atoms. The predicted octanol–water partition coefficient (Wildman–Crippen LogP) is 0.479. The van der Waals surface area contributed by atoms with Crippen LogP contribution in [0.15, 0.2) is 28.8 Å². The summed E-state index contributed by atoms with van der Waals surface area (Å²) in [6.45, 7) is 2.67. The number of morpholine rings is 1. The molecule has 3 aliphatic rings. The fourth-order valence-corrected chi connectivity index (χ4v) is 3.44. The number of nitrogens with zero attached hydrogens (tertiary/aromatic N) is 3. The molecule has 0 spiro atoms. The van der Waals surface area contributed by atoms with E-state index < -0.39 is 11.9 Å². The molecule has 2 amide bonds. The molecule has 1 unspecified atom stereocenters. The molecular formula is C18H21N3O5S. The molecule has 1 saturated heterocycles. The van der Waals surface area contributed by atoms with Gasteiger partial charge in [0.1, 0.15) is 0 Å². The van der Waals surface area contributed by atoms with Gasteiger partial charge in [-0.25, -0.2) is 9.79 Å². The van der Waals surface area contributed by atoms with Crippen molar-refractivity contribution in [3.8, 4) is 0 Å². The number of fused-ring (bicyclic) bond motifs is 1. The summed E-state index contributed by atoms with van der Waals surface area (Å²) in [5.41, 5.74) is 0.765. The van der Waals surface area contributed by atoms with Crippen molar-refractivity contribution in [1.82, 2.24) is 9.80 Å². The Labute approximate surface area is 162 Å².